The zero-order valence-electron chi connectivity index (χ0n) is 17.2. The number of hydrogen-bond donors (Lipinski definition) is 0. The summed E-state index contributed by atoms with van der Waals surface area (Å²) in [6.07, 6.45) is 0. The quantitative estimate of drug-likeness (QED) is 0.341. The van der Waals surface area contributed by atoms with Gasteiger partial charge in [-0.1, -0.05) is 103 Å². The Bertz CT molecular complexity index is 958. The second-order valence-corrected chi connectivity index (χ2v) is 18.5. The molecule has 0 nitrogen and oxygen atoms in total. The summed E-state index contributed by atoms with van der Waals surface area (Å²) in [6.45, 7) is 13.8. The van der Waals surface area contributed by atoms with E-state index in [1.54, 1.807) is 0 Å². The smallest absolute Gasteiger partial charge is 0.149 e. The molecule has 0 saturated carbocycles. The van der Waals surface area contributed by atoms with E-state index < -0.39 is 15.5 Å². The lowest BCUT2D eigenvalue weighted by Gasteiger charge is -2.30. The van der Waals surface area contributed by atoms with Crippen LogP contribution in [0.25, 0.3) is 0 Å². The lowest BCUT2D eigenvalue weighted by molar-refractivity contribution is 1.41. The third kappa shape index (κ3) is 3.98. The SMILES string of the molecule is Cc1cc([Si](C)(C)C)cc([Si](Cl)(c2ccccc2)c2ccc(C)cc2C)c1. The average molecular weight is 409 g/mol. The summed E-state index contributed by atoms with van der Waals surface area (Å²) in [5.74, 6) is 0. The molecule has 3 rings (SSSR count). The van der Waals surface area contributed by atoms with Crippen LogP contribution in [-0.2, 0) is 0 Å². The van der Waals surface area contributed by atoms with Crippen molar-refractivity contribution in [2.75, 3.05) is 0 Å². The first kappa shape index (κ1) is 20.1. The van der Waals surface area contributed by atoms with Crippen molar-refractivity contribution < 1.29 is 0 Å². The second kappa shape index (κ2) is 7.42. The molecule has 0 N–H and O–H groups in total. The van der Waals surface area contributed by atoms with Crippen molar-refractivity contribution in [1.29, 1.82) is 0 Å². The molecule has 27 heavy (non-hydrogen) atoms. The highest BCUT2D eigenvalue weighted by Gasteiger charge is 2.39. The maximum Gasteiger partial charge on any atom is 0.248 e. The molecule has 0 fully saturated rings. The fourth-order valence-electron chi connectivity index (χ4n) is 3.76. The average Bonchev–Trinajstić information content (AvgIpc) is 2.60. The largest absolute Gasteiger partial charge is 0.248 e. The molecule has 3 heteroatoms. The Morgan fingerprint density at radius 1 is 0.630 bits per heavy atom. The molecule has 0 heterocycles. The summed E-state index contributed by atoms with van der Waals surface area (Å²) in [7, 11) is -4.03. The van der Waals surface area contributed by atoms with Crippen LogP contribution in [0.15, 0.2) is 66.7 Å². The molecule has 0 aliphatic carbocycles. The normalized spacial score (nSPS) is 14.0. The molecule has 1 atom stereocenters. The Hall–Kier alpha value is -1.62. The van der Waals surface area contributed by atoms with Gasteiger partial charge >= 0.3 is 0 Å². The van der Waals surface area contributed by atoms with Crippen LogP contribution in [0, 0.1) is 20.8 Å². The minimum absolute atomic E-state index is 1.26. The monoisotopic (exact) mass is 408 g/mol. The third-order valence-corrected chi connectivity index (χ3v) is 12.7. The van der Waals surface area contributed by atoms with Gasteiger partial charge in [0.2, 0.25) is 7.38 Å². The molecule has 140 valence electrons. The Morgan fingerprint density at radius 2 is 1.26 bits per heavy atom. The van der Waals surface area contributed by atoms with Crippen molar-refractivity contribution in [2.24, 2.45) is 0 Å². The van der Waals surface area contributed by atoms with Gasteiger partial charge in [-0.15, -0.1) is 11.1 Å². The molecular weight excluding hydrogens is 380 g/mol. The molecule has 1 unspecified atom stereocenters. The van der Waals surface area contributed by atoms with Gasteiger partial charge < -0.3 is 0 Å². The minimum Gasteiger partial charge on any atom is -0.149 e. The van der Waals surface area contributed by atoms with Crippen molar-refractivity contribution >= 4 is 47.3 Å². The van der Waals surface area contributed by atoms with Crippen molar-refractivity contribution in [3.63, 3.8) is 0 Å². The van der Waals surface area contributed by atoms with E-state index in [-0.39, 0.29) is 0 Å². The van der Waals surface area contributed by atoms with Gasteiger partial charge in [-0.3, -0.25) is 0 Å². The van der Waals surface area contributed by atoms with Gasteiger partial charge in [0.15, 0.2) is 0 Å². The van der Waals surface area contributed by atoms with E-state index in [0.717, 1.165) is 0 Å². The lowest BCUT2D eigenvalue weighted by Crippen LogP contribution is -2.64. The highest BCUT2D eigenvalue weighted by atomic mass is 35.6. The molecule has 3 aromatic carbocycles. The molecule has 0 amide bonds. The summed E-state index contributed by atoms with van der Waals surface area (Å²) in [6, 6.07) is 24.5. The van der Waals surface area contributed by atoms with E-state index >= 15 is 0 Å². The number of rotatable bonds is 4. The fourth-order valence-corrected chi connectivity index (χ4v) is 9.81. The number of benzene rings is 3. The lowest BCUT2D eigenvalue weighted by atomic mass is 10.2. The molecule has 0 bridgehead atoms. The van der Waals surface area contributed by atoms with Crippen LogP contribution in [0.3, 0.4) is 0 Å². The van der Waals surface area contributed by atoms with E-state index in [1.807, 2.05) is 0 Å². The van der Waals surface area contributed by atoms with Crippen LogP contribution >= 0.6 is 11.1 Å². The van der Waals surface area contributed by atoms with Gasteiger partial charge in [0.25, 0.3) is 0 Å². The minimum atomic E-state index is -2.59. The predicted octanol–water partition coefficient (Wildman–Crippen LogP) is 4.36. The van der Waals surface area contributed by atoms with Crippen LogP contribution in [0.2, 0.25) is 19.6 Å². The first-order valence-electron chi connectivity index (χ1n) is 9.57. The van der Waals surface area contributed by atoms with Crippen LogP contribution < -0.4 is 20.7 Å². The van der Waals surface area contributed by atoms with E-state index in [1.165, 1.54) is 37.4 Å². The second-order valence-electron chi connectivity index (χ2n) is 8.68. The van der Waals surface area contributed by atoms with E-state index in [4.69, 9.17) is 11.1 Å². The van der Waals surface area contributed by atoms with E-state index in [2.05, 4.69) is 107 Å². The zero-order valence-corrected chi connectivity index (χ0v) is 20.0. The Balaban J connectivity index is 2.34. The first-order valence-corrected chi connectivity index (χ1v) is 16.1. The van der Waals surface area contributed by atoms with Gasteiger partial charge in [0.1, 0.15) is 0 Å². The van der Waals surface area contributed by atoms with Gasteiger partial charge in [-0.2, -0.15) is 0 Å². The van der Waals surface area contributed by atoms with Gasteiger partial charge in [0.05, 0.1) is 8.07 Å². The summed E-state index contributed by atoms with van der Waals surface area (Å²) in [5, 5.41) is 5.34. The molecular formula is C24H29ClSi2. The summed E-state index contributed by atoms with van der Waals surface area (Å²) < 4.78 is 0. The zero-order chi connectivity index (χ0) is 19.8. The third-order valence-electron chi connectivity index (χ3n) is 5.27. The fraction of sp³-hybridized carbons (Fsp3) is 0.250. The first-order chi connectivity index (χ1) is 12.6. The molecule has 0 radical (unpaired) electrons. The van der Waals surface area contributed by atoms with Gasteiger partial charge in [-0.05, 0) is 41.9 Å². The van der Waals surface area contributed by atoms with Crippen molar-refractivity contribution in [3.05, 3.63) is 83.4 Å². The predicted molar refractivity (Wildman–Crippen MR) is 127 cm³/mol. The van der Waals surface area contributed by atoms with E-state index in [9.17, 15) is 0 Å². The number of aryl methyl sites for hydroxylation is 3. The Morgan fingerprint density at radius 3 is 1.85 bits per heavy atom. The van der Waals surface area contributed by atoms with Crippen LogP contribution in [0.1, 0.15) is 16.7 Å². The summed E-state index contributed by atoms with van der Waals surface area (Å²) in [4.78, 5) is 0. The molecule has 0 saturated heterocycles. The Kier molecular flexibility index (Phi) is 5.53. The molecule has 0 spiro atoms. The van der Waals surface area contributed by atoms with Gasteiger partial charge in [0, 0.05) is 0 Å². The van der Waals surface area contributed by atoms with Crippen LogP contribution in [-0.4, -0.2) is 15.5 Å². The maximum absolute atomic E-state index is 7.72. The molecule has 3 aromatic rings. The summed E-state index contributed by atoms with van der Waals surface area (Å²) >= 11 is 7.72. The van der Waals surface area contributed by atoms with E-state index in [0.29, 0.717) is 0 Å². The standard InChI is InChI=1S/C24H29ClSi2/c1-18-12-13-24(20(3)14-18)27(25,21-10-8-7-9-11-21)23-16-19(2)15-22(17-23)26(4,5)6/h7-17H,1-6H3. The van der Waals surface area contributed by atoms with Crippen LogP contribution in [0.5, 0.6) is 0 Å². The van der Waals surface area contributed by atoms with Gasteiger partial charge in [-0.25, -0.2) is 0 Å². The maximum atomic E-state index is 7.72. The van der Waals surface area contributed by atoms with Crippen molar-refractivity contribution in [3.8, 4) is 0 Å². The highest BCUT2D eigenvalue weighted by Crippen LogP contribution is 2.16. The topological polar surface area (TPSA) is 0 Å². The molecule has 0 aromatic heterocycles. The number of halogens is 1. The molecule has 0 aliphatic rings. The highest BCUT2D eigenvalue weighted by molar-refractivity contribution is 7.40. The molecule has 0 aliphatic heterocycles. The number of hydrogen-bond acceptors (Lipinski definition) is 0. The Labute approximate surface area is 171 Å². The summed E-state index contributed by atoms with van der Waals surface area (Å²) in [5.41, 5.74) is 3.88. The van der Waals surface area contributed by atoms with Crippen molar-refractivity contribution in [2.45, 2.75) is 40.4 Å². The van der Waals surface area contributed by atoms with Crippen molar-refractivity contribution in [1.82, 2.24) is 0 Å². The van der Waals surface area contributed by atoms with Crippen LogP contribution in [0.4, 0.5) is 0 Å².